The summed E-state index contributed by atoms with van der Waals surface area (Å²) in [4.78, 5) is 26.6. The molecule has 7 heteroatoms. The molecule has 0 bridgehead atoms. The van der Waals surface area contributed by atoms with Crippen molar-refractivity contribution in [1.82, 2.24) is 9.88 Å². The van der Waals surface area contributed by atoms with E-state index in [0.717, 1.165) is 25.9 Å². The maximum atomic E-state index is 15.0. The van der Waals surface area contributed by atoms with Crippen LogP contribution in [-0.2, 0) is 0 Å². The van der Waals surface area contributed by atoms with E-state index in [1.54, 1.807) is 6.20 Å². The largest absolute Gasteiger partial charge is 0.492 e. The van der Waals surface area contributed by atoms with Gasteiger partial charge in [-0.1, -0.05) is 0 Å². The zero-order valence-corrected chi connectivity index (χ0v) is 15.0. The molecule has 0 spiro atoms. The monoisotopic (exact) mass is 359 g/mol. The predicted octanol–water partition coefficient (Wildman–Crippen LogP) is 2.10. The molecule has 0 amide bonds. The molecular formula is C19H22FN3O3. The molecule has 2 aromatic rings. The summed E-state index contributed by atoms with van der Waals surface area (Å²) in [5, 5.41) is 3.46. The highest BCUT2D eigenvalue weighted by molar-refractivity contribution is 5.99. The molecule has 2 fully saturated rings. The Labute approximate surface area is 150 Å². The Balaban J connectivity index is 2.05. The molecule has 1 aromatic carbocycles. The van der Waals surface area contributed by atoms with Gasteiger partial charge in [-0.25, -0.2) is 4.39 Å². The van der Waals surface area contributed by atoms with Gasteiger partial charge in [-0.05, 0) is 25.8 Å². The topological polar surface area (TPSA) is 63.6 Å². The van der Waals surface area contributed by atoms with Crippen LogP contribution in [0.2, 0.25) is 0 Å². The van der Waals surface area contributed by atoms with Crippen molar-refractivity contribution in [2.24, 2.45) is 0 Å². The van der Waals surface area contributed by atoms with E-state index in [1.165, 1.54) is 20.1 Å². The normalized spacial score (nSPS) is 17.6. The predicted molar refractivity (Wildman–Crippen MR) is 98.1 cm³/mol. The maximum Gasteiger partial charge on any atom is 0.200 e. The van der Waals surface area contributed by atoms with E-state index in [4.69, 9.17) is 4.74 Å². The highest BCUT2D eigenvalue weighted by Gasteiger charge is 2.31. The van der Waals surface area contributed by atoms with E-state index < -0.39 is 11.2 Å². The number of benzene rings is 1. The molecule has 2 heterocycles. The van der Waals surface area contributed by atoms with Crippen LogP contribution in [0.25, 0.3) is 10.9 Å². The van der Waals surface area contributed by atoms with Gasteiger partial charge in [-0.15, -0.1) is 0 Å². The van der Waals surface area contributed by atoms with Gasteiger partial charge in [-0.3, -0.25) is 9.59 Å². The van der Waals surface area contributed by atoms with E-state index in [1.807, 2.05) is 9.47 Å². The molecular weight excluding hydrogens is 337 g/mol. The Kier molecular flexibility index (Phi) is 4.19. The van der Waals surface area contributed by atoms with Crippen LogP contribution < -0.4 is 20.4 Å². The quantitative estimate of drug-likeness (QED) is 0.847. The first-order valence-corrected chi connectivity index (χ1v) is 8.95. The second-order valence-corrected chi connectivity index (χ2v) is 6.94. The molecule has 138 valence electrons. The number of rotatable bonds is 4. The molecule has 4 rings (SSSR count). The number of ketones is 1. The summed E-state index contributed by atoms with van der Waals surface area (Å²) in [6.45, 7) is 4.22. The van der Waals surface area contributed by atoms with E-state index >= 15 is 4.39 Å². The minimum atomic E-state index is -0.489. The molecule has 26 heavy (non-hydrogen) atoms. The Bertz CT molecular complexity index is 943. The average Bonchev–Trinajstić information content (AvgIpc) is 3.47. The van der Waals surface area contributed by atoms with Crippen molar-refractivity contribution in [3.05, 3.63) is 33.9 Å². The molecule has 0 unspecified atom stereocenters. The number of carbonyl (C=O) groups excluding carboxylic acids is 1. The summed E-state index contributed by atoms with van der Waals surface area (Å²) in [7, 11) is 1.50. The highest BCUT2D eigenvalue weighted by Crippen LogP contribution is 2.43. The Morgan fingerprint density at radius 3 is 2.58 bits per heavy atom. The van der Waals surface area contributed by atoms with Crippen LogP contribution in [0.3, 0.4) is 0 Å². The lowest BCUT2D eigenvalue weighted by molar-refractivity contribution is 0.101. The van der Waals surface area contributed by atoms with Crippen molar-refractivity contribution in [3.8, 4) is 5.75 Å². The lowest BCUT2D eigenvalue weighted by Crippen LogP contribution is -2.44. The molecule has 1 N–H and O–H groups in total. The number of carbonyl (C=O) groups is 1. The van der Waals surface area contributed by atoms with E-state index in [-0.39, 0.29) is 22.8 Å². The second kappa shape index (κ2) is 6.39. The van der Waals surface area contributed by atoms with Gasteiger partial charge in [0, 0.05) is 38.4 Å². The van der Waals surface area contributed by atoms with Crippen molar-refractivity contribution in [1.29, 1.82) is 0 Å². The number of Topliss-reactive ketones (excluding diaryl/α,β-unsaturated/α-hetero) is 1. The van der Waals surface area contributed by atoms with E-state index in [0.29, 0.717) is 30.0 Å². The van der Waals surface area contributed by atoms with Gasteiger partial charge in [0.25, 0.3) is 0 Å². The van der Waals surface area contributed by atoms with Gasteiger partial charge < -0.3 is 19.5 Å². The summed E-state index contributed by atoms with van der Waals surface area (Å²) in [5.41, 5.74) is 0.639. The van der Waals surface area contributed by atoms with Crippen LogP contribution in [-0.4, -0.2) is 43.6 Å². The summed E-state index contributed by atoms with van der Waals surface area (Å²) in [6.07, 6.45) is 3.56. The van der Waals surface area contributed by atoms with Crippen molar-refractivity contribution >= 4 is 22.4 Å². The standard InChI is InChI=1S/C19H22FN3O3/c1-11(24)14-10-23(12-3-4-12)16-13(18(14)25)9-15(20)17(19(16)26-2)22-7-5-21-6-8-22/h9-10,12,21H,3-8H2,1-2H3. The van der Waals surface area contributed by atoms with Gasteiger partial charge in [-0.2, -0.15) is 0 Å². The van der Waals surface area contributed by atoms with Gasteiger partial charge in [0.15, 0.2) is 22.8 Å². The second-order valence-electron chi connectivity index (χ2n) is 6.94. The van der Waals surface area contributed by atoms with Gasteiger partial charge >= 0.3 is 0 Å². The lowest BCUT2D eigenvalue weighted by Gasteiger charge is -2.31. The Hall–Kier alpha value is -2.41. The molecule has 2 aliphatic rings. The van der Waals surface area contributed by atoms with Crippen molar-refractivity contribution in [3.63, 3.8) is 0 Å². The minimum absolute atomic E-state index is 0.0979. The van der Waals surface area contributed by atoms with Gasteiger partial charge in [0.05, 0.1) is 23.6 Å². The number of anilines is 1. The number of halogens is 1. The number of ether oxygens (including phenoxy) is 1. The summed E-state index contributed by atoms with van der Waals surface area (Å²) in [5.74, 6) is -0.422. The lowest BCUT2D eigenvalue weighted by atomic mass is 10.1. The van der Waals surface area contributed by atoms with E-state index in [2.05, 4.69) is 5.32 Å². The van der Waals surface area contributed by atoms with Crippen LogP contribution in [0.4, 0.5) is 10.1 Å². The molecule has 1 saturated heterocycles. The third kappa shape index (κ3) is 2.67. The van der Waals surface area contributed by atoms with Crippen molar-refractivity contribution in [2.75, 3.05) is 38.2 Å². The smallest absolute Gasteiger partial charge is 0.200 e. The van der Waals surface area contributed by atoms with Gasteiger partial charge in [0.1, 0.15) is 5.69 Å². The number of hydrogen-bond donors (Lipinski definition) is 1. The van der Waals surface area contributed by atoms with Crippen LogP contribution in [0, 0.1) is 5.82 Å². The fourth-order valence-electron chi connectivity index (χ4n) is 3.71. The van der Waals surface area contributed by atoms with Crippen LogP contribution in [0.15, 0.2) is 17.1 Å². The number of nitrogens with zero attached hydrogens (tertiary/aromatic N) is 2. The maximum absolute atomic E-state index is 15.0. The number of methoxy groups -OCH3 is 1. The van der Waals surface area contributed by atoms with Gasteiger partial charge in [0.2, 0.25) is 0 Å². The number of fused-ring (bicyclic) bond motifs is 1. The Morgan fingerprint density at radius 1 is 1.31 bits per heavy atom. The SMILES string of the molecule is COc1c(N2CCNCC2)c(F)cc2c(=O)c(C(C)=O)cn(C3CC3)c12. The summed E-state index contributed by atoms with van der Waals surface area (Å²) in [6, 6.07) is 1.48. The average molecular weight is 359 g/mol. The van der Waals surface area contributed by atoms with Crippen LogP contribution in [0.1, 0.15) is 36.2 Å². The zero-order chi connectivity index (χ0) is 18.4. The van der Waals surface area contributed by atoms with Crippen LogP contribution in [0.5, 0.6) is 5.75 Å². The fourth-order valence-corrected chi connectivity index (χ4v) is 3.71. The molecule has 6 nitrogen and oxygen atoms in total. The number of nitrogens with one attached hydrogen (secondary N) is 1. The molecule has 0 radical (unpaired) electrons. The highest BCUT2D eigenvalue weighted by atomic mass is 19.1. The zero-order valence-electron chi connectivity index (χ0n) is 15.0. The minimum Gasteiger partial charge on any atom is -0.492 e. The number of piperazine rings is 1. The molecule has 1 saturated carbocycles. The number of hydrogen-bond acceptors (Lipinski definition) is 5. The molecule has 0 atom stereocenters. The molecule has 1 aliphatic heterocycles. The summed E-state index contributed by atoms with van der Waals surface area (Å²) < 4.78 is 22.6. The van der Waals surface area contributed by atoms with Crippen LogP contribution >= 0.6 is 0 Å². The van der Waals surface area contributed by atoms with E-state index in [9.17, 15) is 9.59 Å². The molecule has 1 aromatic heterocycles. The first-order valence-electron chi connectivity index (χ1n) is 8.95. The summed E-state index contributed by atoms with van der Waals surface area (Å²) >= 11 is 0. The third-order valence-corrected chi connectivity index (χ3v) is 5.16. The first-order chi connectivity index (χ1) is 12.5. The first kappa shape index (κ1) is 17.0. The number of pyridine rings is 1. The third-order valence-electron chi connectivity index (χ3n) is 5.16. The fraction of sp³-hybridized carbons (Fsp3) is 0.474. The Morgan fingerprint density at radius 2 is 2.00 bits per heavy atom. The van der Waals surface area contributed by atoms with Crippen molar-refractivity contribution < 1.29 is 13.9 Å². The van der Waals surface area contributed by atoms with Crippen molar-refractivity contribution in [2.45, 2.75) is 25.8 Å². The number of aromatic nitrogens is 1. The molecule has 1 aliphatic carbocycles.